The number of nitrogens with one attached hydrogen (secondary N) is 1. The first-order valence-electron chi connectivity index (χ1n) is 9.45. The summed E-state index contributed by atoms with van der Waals surface area (Å²) >= 11 is 0. The Balaban J connectivity index is 1.51. The molecule has 1 N–H and O–H groups in total. The Hall–Kier alpha value is -4.44. The van der Waals surface area contributed by atoms with Crippen molar-refractivity contribution in [2.24, 2.45) is 0 Å². The molecule has 0 unspecified atom stereocenters. The number of fused-ring (bicyclic) bond motifs is 1. The van der Waals surface area contributed by atoms with E-state index in [2.05, 4.69) is 5.32 Å². The first kappa shape index (κ1) is 19.9. The number of ether oxygens (including phenoxy) is 1. The Morgan fingerprint density at radius 2 is 1.71 bits per heavy atom. The molecule has 0 bridgehead atoms. The van der Waals surface area contributed by atoms with Crippen molar-refractivity contribution in [1.82, 2.24) is 4.90 Å². The highest BCUT2D eigenvalue weighted by Gasteiger charge is 2.35. The Bertz CT molecular complexity index is 1240. The molecule has 1 aliphatic rings. The van der Waals surface area contributed by atoms with Crippen LogP contribution in [0.2, 0.25) is 0 Å². The summed E-state index contributed by atoms with van der Waals surface area (Å²) in [5.41, 5.74) is 3.14. The molecule has 0 saturated heterocycles. The van der Waals surface area contributed by atoms with Crippen LogP contribution in [0, 0.1) is 11.3 Å². The normalized spacial score (nSPS) is 12.3. The van der Waals surface area contributed by atoms with Crippen LogP contribution in [0.4, 0.5) is 5.69 Å². The molecule has 7 heteroatoms. The minimum atomic E-state index is -0.541. The molecule has 1 aliphatic heterocycles. The van der Waals surface area contributed by atoms with Crippen LogP contribution in [0.15, 0.2) is 66.7 Å². The second-order valence-electron chi connectivity index (χ2n) is 6.88. The van der Waals surface area contributed by atoms with Crippen molar-refractivity contribution in [3.63, 3.8) is 0 Å². The standard InChI is InChI=1S/C24H17N3O4/c1-31-19-4-2-3-17(13-19)15-5-7-16(8-6-15)22(28)26-18-9-10-20-21(14-18)24(30)27(12-11-25)23(20)29/h2-10,13-14H,12H2,1H3,(H,26,28). The van der Waals surface area contributed by atoms with E-state index in [1.165, 1.54) is 12.1 Å². The number of imide groups is 1. The molecule has 0 spiro atoms. The number of carbonyl (C=O) groups excluding carboxylic acids is 3. The van der Waals surface area contributed by atoms with Gasteiger partial charge in [-0.05, 0) is 53.6 Å². The van der Waals surface area contributed by atoms with Crippen molar-refractivity contribution in [2.75, 3.05) is 19.0 Å². The van der Waals surface area contributed by atoms with Crippen LogP contribution in [-0.2, 0) is 0 Å². The predicted molar refractivity (Wildman–Crippen MR) is 114 cm³/mol. The Kier molecular flexibility index (Phi) is 5.21. The van der Waals surface area contributed by atoms with E-state index in [0.29, 0.717) is 11.3 Å². The molecule has 0 aromatic heterocycles. The zero-order valence-corrected chi connectivity index (χ0v) is 16.6. The Morgan fingerprint density at radius 3 is 2.42 bits per heavy atom. The maximum absolute atomic E-state index is 12.6. The molecule has 0 aliphatic carbocycles. The second-order valence-corrected chi connectivity index (χ2v) is 6.88. The quantitative estimate of drug-likeness (QED) is 0.509. The van der Waals surface area contributed by atoms with Gasteiger partial charge in [0, 0.05) is 11.3 Å². The van der Waals surface area contributed by atoms with Gasteiger partial charge in [0.05, 0.1) is 24.3 Å². The lowest BCUT2D eigenvalue weighted by atomic mass is 10.0. The summed E-state index contributed by atoms with van der Waals surface area (Å²) in [5.74, 6) is -0.645. The SMILES string of the molecule is COc1cccc(-c2ccc(C(=O)Nc3ccc4c(c3)C(=O)N(CC#N)C4=O)cc2)c1. The number of hydrogen-bond donors (Lipinski definition) is 1. The Labute approximate surface area is 178 Å². The molecular formula is C24H17N3O4. The highest BCUT2D eigenvalue weighted by Crippen LogP contribution is 2.27. The van der Waals surface area contributed by atoms with Crippen molar-refractivity contribution in [1.29, 1.82) is 5.26 Å². The van der Waals surface area contributed by atoms with Crippen LogP contribution in [-0.4, -0.2) is 36.3 Å². The fourth-order valence-corrected chi connectivity index (χ4v) is 3.40. The van der Waals surface area contributed by atoms with Crippen LogP contribution in [0.1, 0.15) is 31.1 Å². The number of amides is 3. The number of anilines is 1. The van der Waals surface area contributed by atoms with Crippen molar-refractivity contribution < 1.29 is 19.1 Å². The zero-order valence-electron chi connectivity index (χ0n) is 16.6. The number of methoxy groups -OCH3 is 1. The lowest BCUT2D eigenvalue weighted by molar-refractivity contribution is 0.0673. The van der Waals surface area contributed by atoms with Gasteiger partial charge in [0.15, 0.2) is 0 Å². The van der Waals surface area contributed by atoms with Crippen LogP contribution < -0.4 is 10.1 Å². The largest absolute Gasteiger partial charge is 0.497 e. The summed E-state index contributed by atoms with van der Waals surface area (Å²) in [6.45, 7) is -0.312. The van der Waals surface area contributed by atoms with Crippen LogP contribution in [0.25, 0.3) is 11.1 Å². The summed E-state index contributed by atoms with van der Waals surface area (Å²) in [5, 5.41) is 11.5. The van der Waals surface area contributed by atoms with Crippen LogP contribution in [0.5, 0.6) is 5.75 Å². The number of carbonyl (C=O) groups is 3. The van der Waals surface area contributed by atoms with E-state index < -0.39 is 11.8 Å². The molecular weight excluding hydrogens is 394 g/mol. The molecule has 3 amide bonds. The third kappa shape index (κ3) is 3.74. The number of hydrogen-bond acceptors (Lipinski definition) is 5. The van der Waals surface area contributed by atoms with Gasteiger partial charge in [-0.3, -0.25) is 19.3 Å². The van der Waals surface area contributed by atoms with E-state index in [-0.39, 0.29) is 23.6 Å². The lowest BCUT2D eigenvalue weighted by Crippen LogP contribution is -2.29. The molecule has 0 atom stereocenters. The minimum absolute atomic E-state index is 0.173. The summed E-state index contributed by atoms with van der Waals surface area (Å²) in [7, 11) is 1.61. The average Bonchev–Trinajstić information content (AvgIpc) is 3.04. The number of nitrogens with zero attached hydrogens (tertiary/aromatic N) is 2. The average molecular weight is 411 g/mol. The Morgan fingerprint density at radius 1 is 0.968 bits per heavy atom. The monoisotopic (exact) mass is 411 g/mol. The van der Waals surface area contributed by atoms with Crippen LogP contribution in [0.3, 0.4) is 0 Å². The smallest absolute Gasteiger partial charge is 0.262 e. The zero-order chi connectivity index (χ0) is 22.0. The van der Waals surface area contributed by atoms with Gasteiger partial charge in [-0.1, -0.05) is 24.3 Å². The van der Waals surface area contributed by atoms with E-state index in [1.54, 1.807) is 31.4 Å². The lowest BCUT2D eigenvalue weighted by Gasteiger charge is -2.08. The third-order valence-electron chi connectivity index (χ3n) is 5.01. The van der Waals surface area contributed by atoms with E-state index in [4.69, 9.17) is 10.00 Å². The number of rotatable bonds is 5. The first-order valence-corrected chi connectivity index (χ1v) is 9.45. The molecule has 7 nitrogen and oxygen atoms in total. The van der Waals surface area contributed by atoms with Gasteiger partial charge in [0.25, 0.3) is 17.7 Å². The van der Waals surface area contributed by atoms with E-state index in [0.717, 1.165) is 21.8 Å². The maximum atomic E-state index is 12.6. The predicted octanol–water partition coefficient (Wildman–Crippen LogP) is 3.73. The highest BCUT2D eigenvalue weighted by molar-refractivity contribution is 6.22. The van der Waals surface area contributed by atoms with Crippen molar-refractivity contribution in [3.05, 3.63) is 83.4 Å². The summed E-state index contributed by atoms with van der Waals surface area (Å²) in [6.07, 6.45) is 0. The molecule has 31 heavy (non-hydrogen) atoms. The fraction of sp³-hybridized carbons (Fsp3) is 0.0833. The van der Waals surface area contributed by atoms with Crippen LogP contribution >= 0.6 is 0 Å². The van der Waals surface area contributed by atoms with Gasteiger partial charge < -0.3 is 10.1 Å². The molecule has 152 valence electrons. The summed E-state index contributed by atoms with van der Waals surface area (Å²) in [6, 6.07) is 21.0. The van der Waals surface area contributed by atoms with Crippen molar-refractivity contribution in [2.45, 2.75) is 0 Å². The summed E-state index contributed by atoms with van der Waals surface area (Å²) < 4.78 is 5.24. The molecule has 3 aromatic rings. The molecule has 4 rings (SSSR count). The third-order valence-corrected chi connectivity index (χ3v) is 5.01. The van der Waals surface area contributed by atoms with Gasteiger partial charge in [0.2, 0.25) is 0 Å². The molecule has 0 saturated carbocycles. The molecule has 3 aromatic carbocycles. The van der Waals surface area contributed by atoms with Gasteiger partial charge in [0.1, 0.15) is 12.3 Å². The van der Waals surface area contributed by atoms with Crippen molar-refractivity contribution >= 4 is 23.4 Å². The molecule has 0 radical (unpaired) electrons. The first-order chi connectivity index (χ1) is 15.0. The fourth-order valence-electron chi connectivity index (χ4n) is 3.40. The molecule has 1 heterocycles. The van der Waals surface area contributed by atoms with Gasteiger partial charge >= 0.3 is 0 Å². The number of nitriles is 1. The highest BCUT2D eigenvalue weighted by atomic mass is 16.5. The number of benzene rings is 3. The van der Waals surface area contributed by atoms with Crippen molar-refractivity contribution in [3.8, 4) is 22.9 Å². The topological polar surface area (TPSA) is 99.5 Å². The van der Waals surface area contributed by atoms with E-state index >= 15 is 0 Å². The minimum Gasteiger partial charge on any atom is -0.497 e. The van der Waals surface area contributed by atoms with Gasteiger partial charge in [-0.25, -0.2) is 0 Å². The molecule has 0 fully saturated rings. The maximum Gasteiger partial charge on any atom is 0.262 e. The summed E-state index contributed by atoms with van der Waals surface area (Å²) in [4.78, 5) is 38.1. The van der Waals surface area contributed by atoms with E-state index in [9.17, 15) is 14.4 Å². The van der Waals surface area contributed by atoms with Gasteiger partial charge in [-0.2, -0.15) is 5.26 Å². The van der Waals surface area contributed by atoms with Gasteiger partial charge in [-0.15, -0.1) is 0 Å². The second kappa shape index (κ2) is 8.13. The van der Waals surface area contributed by atoms with E-state index in [1.807, 2.05) is 36.4 Å².